The summed E-state index contributed by atoms with van der Waals surface area (Å²) in [6, 6.07) is 18.6. The molecule has 3 rings (SSSR count). The number of benzene rings is 3. The zero-order valence-corrected chi connectivity index (χ0v) is 22.9. The van der Waals surface area contributed by atoms with Gasteiger partial charge < -0.3 is 14.3 Å². The van der Waals surface area contributed by atoms with Crippen LogP contribution in [0, 0.1) is 0 Å². The van der Waals surface area contributed by atoms with Gasteiger partial charge in [-0.1, -0.05) is 85.6 Å². The van der Waals surface area contributed by atoms with Gasteiger partial charge in [0.15, 0.2) is 0 Å². The van der Waals surface area contributed by atoms with Crippen LogP contribution in [0.1, 0.15) is 46.8 Å². The third kappa shape index (κ3) is 7.82. The minimum absolute atomic E-state index is 0. The van der Waals surface area contributed by atoms with Gasteiger partial charge in [-0.05, 0) is 46.4 Å². The average molecular weight is 514 g/mol. The van der Waals surface area contributed by atoms with Gasteiger partial charge in [-0.2, -0.15) is 0 Å². The van der Waals surface area contributed by atoms with E-state index in [-0.39, 0.29) is 50.1 Å². The number of carbonyl (C=O) groups is 1. The Balaban J connectivity index is 0.00000385. The quantitative estimate of drug-likeness (QED) is 0.430. The first kappa shape index (κ1) is 27.9. The molecule has 33 heavy (non-hydrogen) atoms. The molecule has 0 aliphatic rings. The zero-order chi connectivity index (χ0) is 23.3. The van der Waals surface area contributed by atoms with Gasteiger partial charge in [0.2, 0.25) is 0 Å². The van der Waals surface area contributed by atoms with E-state index in [2.05, 4.69) is 30.7 Å². The molecule has 0 radical (unpaired) electrons. The summed E-state index contributed by atoms with van der Waals surface area (Å²) in [6.07, 6.45) is 0. The molecule has 5 nitrogen and oxygen atoms in total. The van der Waals surface area contributed by atoms with E-state index in [0.717, 1.165) is 11.1 Å². The Hall–Kier alpha value is -1.38. The summed E-state index contributed by atoms with van der Waals surface area (Å²) < 4.78 is 33.9. The van der Waals surface area contributed by atoms with Crippen molar-refractivity contribution in [2.24, 2.45) is 0 Å². The molecule has 0 aliphatic heterocycles. The fourth-order valence-electron chi connectivity index (χ4n) is 2.92. The van der Waals surface area contributed by atoms with Gasteiger partial charge in [-0.25, -0.2) is 8.42 Å². The van der Waals surface area contributed by atoms with Crippen molar-refractivity contribution in [3.63, 3.8) is 0 Å². The molecule has 0 atom stereocenters. The largest absolute Gasteiger partial charge is 1.00 e. The molecule has 0 N–H and O–H groups in total. The topological polar surface area (TPSA) is 74.5 Å². The maximum absolute atomic E-state index is 12.4. The van der Waals surface area contributed by atoms with Gasteiger partial charge in [-0.3, -0.25) is 0 Å². The van der Waals surface area contributed by atoms with Crippen molar-refractivity contribution < 1.29 is 47.5 Å². The molecule has 0 fully saturated rings. The van der Waals surface area contributed by atoms with Crippen LogP contribution >= 0.6 is 23.2 Å². The van der Waals surface area contributed by atoms with E-state index in [1.54, 1.807) is 12.1 Å². The molecule has 1 amide bonds. The Morgan fingerprint density at radius 3 is 1.97 bits per heavy atom. The predicted octanol–water partition coefficient (Wildman–Crippen LogP) is 3.74. The minimum atomic E-state index is -4.26. The number of hydrogen-bond acceptors (Lipinski definition) is 4. The van der Waals surface area contributed by atoms with Gasteiger partial charge in [0.05, 0.1) is 29.0 Å². The Morgan fingerprint density at radius 2 is 1.45 bits per heavy atom. The molecule has 0 saturated heterocycles. The SMILES string of the molecule is CC(C)c1ccc(COCc2ccc(C(=O)[N-]S(=O)(=O)c3ccc(Cl)cc3Cl)cc2)cc1.[Na+]. The van der Waals surface area contributed by atoms with Crippen molar-refractivity contribution in [3.05, 3.63) is 104 Å². The Kier molecular flexibility index (Phi) is 10.4. The fourth-order valence-corrected chi connectivity index (χ4v) is 4.59. The minimum Gasteiger partial charge on any atom is -0.538 e. The molecule has 9 heteroatoms. The van der Waals surface area contributed by atoms with Crippen molar-refractivity contribution in [2.45, 2.75) is 37.9 Å². The number of ether oxygens (including phenoxy) is 1. The van der Waals surface area contributed by atoms with Crippen LogP contribution in [0.3, 0.4) is 0 Å². The fraction of sp³-hybridized carbons (Fsp3) is 0.208. The molecule has 0 aliphatic carbocycles. The second kappa shape index (κ2) is 12.4. The molecule has 0 saturated carbocycles. The second-order valence-electron chi connectivity index (χ2n) is 7.53. The number of rotatable bonds is 8. The number of carbonyl (C=O) groups excluding carboxylic acids is 1. The summed E-state index contributed by atoms with van der Waals surface area (Å²) in [5.74, 6) is -0.398. The molecule has 3 aromatic rings. The summed E-state index contributed by atoms with van der Waals surface area (Å²) >= 11 is 11.7. The normalized spacial score (nSPS) is 11.2. The summed E-state index contributed by atoms with van der Waals surface area (Å²) in [7, 11) is -4.26. The molecule has 0 aromatic heterocycles. The molecule has 0 spiro atoms. The van der Waals surface area contributed by atoms with Crippen LogP contribution < -0.4 is 29.6 Å². The number of hydrogen-bond donors (Lipinski definition) is 0. The van der Waals surface area contributed by atoms with Crippen molar-refractivity contribution in [1.29, 1.82) is 0 Å². The van der Waals surface area contributed by atoms with E-state index in [0.29, 0.717) is 19.1 Å². The maximum atomic E-state index is 12.4. The summed E-state index contributed by atoms with van der Waals surface area (Å²) in [4.78, 5) is 12.1. The summed E-state index contributed by atoms with van der Waals surface area (Å²) in [6.45, 7) is 5.12. The molecular formula is C24H22Cl2NNaO4S. The third-order valence-electron chi connectivity index (χ3n) is 4.76. The first-order chi connectivity index (χ1) is 15.2. The third-order valence-corrected chi connectivity index (χ3v) is 6.74. The van der Waals surface area contributed by atoms with Crippen molar-refractivity contribution in [2.75, 3.05) is 0 Å². The predicted molar refractivity (Wildman–Crippen MR) is 127 cm³/mol. The van der Waals surface area contributed by atoms with E-state index in [9.17, 15) is 13.2 Å². The Labute approximate surface area is 226 Å². The second-order valence-corrected chi connectivity index (χ2v) is 9.95. The van der Waals surface area contributed by atoms with Crippen LogP contribution in [0.4, 0.5) is 0 Å². The van der Waals surface area contributed by atoms with Crippen LogP contribution in [-0.2, 0) is 28.0 Å². The van der Waals surface area contributed by atoms with E-state index in [1.807, 2.05) is 12.1 Å². The Morgan fingerprint density at radius 1 is 0.909 bits per heavy atom. The molecular weight excluding hydrogens is 492 g/mol. The van der Waals surface area contributed by atoms with Crippen molar-refractivity contribution in [1.82, 2.24) is 0 Å². The standard InChI is InChI=1S/C24H23Cl2NO4S.Na/c1-16(2)19-7-3-17(4-8-19)14-31-15-18-5-9-20(10-6-18)24(28)27-32(29,30)23-12-11-21(25)13-22(23)26;/h3-13,16H,14-15H2,1-2H3,(H,27,28);/q;+1/p-1. The first-order valence-electron chi connectivity index (χ1n) is 9.88. The monoisotopic (exact) mass is 513 g/mol. The van der Waals surface area contributed by atoms with Crippen molar-refractivity contribution >= 4 is 39.1 Å². The number of halogens is 2. The molecule has 0 bridgehead atoms. The average Bonchev–Trinajstić information content (AvgIpc) is 2.74. The van der Waals surface area contributed by atoms with Gasteiger partial charge in [0.25, 0.3) is 0 Å². The van der Waals surface area contributed by atoms with E-state index >= 15 is 0 Å². The van der Waals surface area contributed by atoms with Crippen LogP contribution in [0.5, 0.6) is 0 Å². The smallest absolute Gasteiger partial charge is 0.538 e. The van der Waals surface area contributed by atoms with E-state index in [1.165, 1.54) is 35.9 Å². The van der Waals surface area contributed by atoms with E-state index in [4.69, 9.17) is 27.9 Å². The summed E-state index contributed by atoms with van der Waals surface area (Å²) in [5, 5.41) is 0.186. The van der Waals surface area contributed by atoms with Crippen LogP contribution in [0.15, 0.2) is 71.6 Å². The molecule has 0 heterocycles. The molecule has 0 unspecified atom stereocenters. The summed E-state index contributed by atoms with van der Waals surface area (Å²) in [5.41, 5.74) is 3.35. The van der Waals surface area contributed by atoms with Gasteiger partial charge in [0.1, 0.15) is 10.0 Å². The number of sulfonamides is 1. The maximum Gasteiger partial charge on any atom is 1.00 e. The van der Waals surface area contributed by atoms with E-state index < -0.39 is 15.9 Å². The van der Waals surface area contributed by atoms with Gasteiger partial charge >= 0.3 is 29.6 Å². The van der Waals surface area contributed by atoms with Crippen LogP contribution in [0.25, 0.3) is 4.72 Å². The van der Waals surface area contributed by atoms with Crippen LogP contribution in [0.2, 0.25) is 10.0 Å². The molecule has 3 aromatic carbocycles. The van der Waals surface area contributed by atoms with Gasteiger partial charge in [-0.15, -0.1) is 0 Å². The van der Waals surface area contributed by atoms with Crippen molar-refractivity contribution in [3.8, 4) is 0 Å². The first-order valence-corrected chi connectivity index (χ1v) is 12.1. The molecule has 168 valence electrons. The Bertz CT molecular complexity index is 1200. The van der Waals surface area contributed by atoms with Gasteiger partial charge in [0, 0.05) is 5.02 Å². The van der Waals surface area contributed by atoms with Crippen LogP contribution in [-0.4, -0.2) is 14.3 Å². The number of nitrogens with zero attached hydrogens (tertiary/aromatic N) is 1. The zero-order valence-electron chi connectivity index (χ0n) is 18.6. The number of amides is 1.